The second-order valence-electron chi connectivity index (χ2n) is 5.70. The van der Waals surface area contributed by atoms with Crippen LogP contribution < -0.4 is 19.5 Å². The number of aromatic nitrogens is 1. The normalized spacial score (nSPS) is 12.5. The lowest BCUT2D eigenvalue weighted by molar-refractivity contribution is 0.102. The monoisotopic (exact) mass is 402 g/mol. The largest absolute Gasteiger partial charge is 0.497 e. The highest BCUT2D eigenvalue weighted by Gasteiger charge is 2.20. The average molecular weight is 403 g/mol. The summed E-state index contributed by atoms with van der Waals surface area (Å²) in [6.07, 6.45) is 0. The fourth-order valence-corrected chi connectivity index (χ4v) is 3.58. The molecular weight excluding hydrogens is 388 g/mol. The minimum atomic E-state index is -0.354. The first-order chi connectivity index (χ1) is 13.1. The number of halogens is 1. The van der Waals surface area contributed by atoms with Crippen LogP contribution in [0.5, 0.6) is 17.2 Å². The second-order valence-corrected chi connectivity index (χ2v) is 6.96. The number of rotatable bonds is 4. The van der Waals surface area contributed by atoms with E-state index in [1.165, 1.54) is 11.3 Å². The summed E-state index contributed by atoms with van der Waals surface area (Å²) in [5.74, 6) is 1.47. The number of benzene rings is 2. The average Bonchev–Trinajstić information content (AvgIpc) is 3.16. The number of anilines is 1. The zero-order valence-electron chi connectivity index (χ0n) is 14.3. The number of methoxy groups -OCH3 is 1. The van der Waals surface area contributed by atoms with Crippen molar-refractivity contribution in [3.8, 4) is 28.5 Å². The number of hydrogen-bond donors (Lipinski definition) is 1. The molecule has 0 fully saturated rings. The Labute approximate surface area is 164 Å². The van der Waals surface area contributed by atoms with Gasteiger partial charge in [-0.1, -0.05) is 11.6 Å². The van der Waals surface area contributed by atoms with Gasteiger partial charge in [-0.25, -0.2) is 4.98 Å². The summed E-state index contributed by atoms with van der Waals surface area (Å²) in [4.78, 5) is 17.1. The topological polar surface area (TPSA) is 69.7 Å². The van der Waals surface area contributed by atoms with Gasteiger partial charge in [0, 0.05) is 17.0 Å². The molecule has 0 saturated carbocycles. The van der Waals surface area contributed by atoms with Gasteiger partial charge in [0.15, 0.2) is 16.6 Å². The lowest BCUT2D eigenvalue weighted by Crippen LogP contribution is -2.17. The van der Waals surface area contributed by atoms with Gasteiger partial charge < -0.3 is 14.2 Å². The van der Waals surface area contributed by atoms with E-state index in [2.05, 4.69) is 10.3 Å². The van der Waals surface area contributed by atoms with Crippen molar-refractivity contribution in [1.29, 1.82) is 0 Å². The van der Waals surface area contributed by atoms with Crippen molar-refractivity contribution < 1.29 is 19.0 Å². The number of carbonyl (C=O) groups is 1. The summed E-state index contributed by atoms with van der Waals surface area (Å²) >= 11 is 7.57. The third-order valence-electron chi connectivity index (χ3n) is 3.99. The maximum Gasteiger partial charge on any atom is 0.259 e. The fraction of sp³-hybridized carbons (Fsp3) is 0.158. The van der Waals surface area contributed by atoms with E-state index >= 15 is 0 Å². The molecule has 0 bridgehead atoms. The molecule has 27 heavy (non-hydrogen) atoms. The van der Waals surface area contributed by atoms with Gasteiger partial charge in [0.25, 0.3) is 5.91 Å². The number of ether oxygens (including phenoxy) is 3. The predicted octanol–water partition coefficient (Wildman–Crippen LogP) is 4.50. The summed E-state index contributed by atoms with van der Waals surface area (Å²) in [5.41, 5.74) is 2.01. The molecule has 0 aliphatic carbocycles. The molecule has 6 nitrogen and oxygen atoms in total. The maximum atomic E-state index is 12.6. The number of fused-ring (bicyclic) bond motifs is 1. The zero-order valence-corrected chi connectivity index (χ0v) is 15.9. The van der Waals surface area contributed by atoms with E-state index in [9.17, 15) is 4.79 Å². The van der Waals surface area contributed by atoms with E-state index in [1.54, 1.807) is 19.2 Å². The standard InChI is InChI=1S/C19H15ClN2O4S/c1-24-12-4-2-11(3-5-12)15-10-27-19(21-15)22-18(23)13-8-16-17(9-14(13)20)26-7-6-25-16/h2-5,8-10H,6-7H2,1H3,(H,21,22,23). The van der Waals surface area contributed by atoms with Crippen molar-refractivity contribution in [1.82, 2.24) is 4.98 Å². The first kappa shape index (κ1) is 17.6. The second kappa shape index (κ2) is 7.46. The number of nitrogens with zero attached hydrogens (tertiary/aromatic N) is 1. The first-order valence-corrected chi connectivity index (χ1v) is 9.40. The molecule has 3 aromatic rings. The van der Waals surface area contributed by atoms with E-state index in [4.69, 9.17) is 25.8 Å². The van der Waals surface area contributed by atoms with Crippen molar-refractivity contribution in [2.45, 2.75) is 0 Å². The Bertz CT molecular complexity index is 988. The number of carbonyl (C=O) groups excluding carboxylic acids is 1. The molecule has 2 heterocycles. The molecule has 1 aromatic heterocycles. The van der Waals surface area contributed by atoms with Crippen LogP contribution in [0.25, 0.3) is 11.3 Å². The summed E-state index contributed by atoms with van der Waals surface area (Å²) in [7, 11) is 1.62. The molecule has 0 spiro atoms. The molecule has 8 heteroatoms. The summed E-state index contributed by atoms with van der Waals surface area (Å²) < 4.78 is 16.1. The van der Waals surface area contributed by atoms with E-state index in [1.807, 2.05) is 29.6 Å². The van der Waals surface area contributed by atoms with Crippen LogP contribution in [-0.4, -0.2) is 31.2 Å². The van der Waals surface area contributed by atoms with Gasteiger partial charge in [-0.05, 0) is 30.3 Å². The molecule has 1 aliphatic rings. The predicted molar refractivity (Wildman–Crippen MR) is 104 cm³/mol. The van der Waals surface area contributed by atoms with Crippen LogP contribution in [-0.2, 0) is 0 Å². The molecule has 2 aromatic carbocycles. The highest BCUT2D eigenvalue weighted by molar-refractivity contribution is 7.14. The van der Waals surface area contributed by atoms with Crippen LogP contribution in [0, 0.1) is 0 Å². The number of thiazole rings is 1. The Morgan fingerprint density at radius 3 is 2.59 bits per heavy atom. The zero-order chi connectivity index (χ0) is 18.8. The molecule has 1 aliphatic heterocycles. The van der Waals surface area contributed by atoms with Crippen LogP contribution in [0.3, 0.4) is 0 Å². The Morgan fingerprint density at radius 1 is 1.19 bits per heavy atom. The van der Waals surface area contributed by atoms with Crippen molar-refractivity contribution >= 4 is 34.0 Å². The third kappa shape index (κ3) is 3.70. The first-order valence-electron chi connectivity index (χ1n) is 8.14. The minimum Gasteiger partial charge on any atom is -0.497 e. The van der Waals surface area contributed by atoms with Gasteiger partial charge in [0.1, 0.15) is 19.0 Å². The summed E-state index contributed by atoms with van der Waals surface area (Å²) in [6.45, 7) is 0.898. The quantitative estimate of drug-likeness (QED) is 0.696. The van der Waals surface area contributed by atoms with Gasteiger partial charge in [-0.2, -0.15) is 0 Å². The Hall–Kier alpha value is -2.77. The Balaban J connectivity index is 1.52. The molecule has 0 atom stereocenters. The van der Waals surface area contributed by atoms with Crippen molar-refractivity contribution in [2.75, 3.05) is 25.6 Å². The van der Waals surface area contributed by atoms with Gasteiger partial charge in [0.05, 0.1) is 23.4 Å². The van der Waals surface area contributed by atoms with Crippen LogP contribution in [0.4, 0.5) is 5.13 Å². The molecule has 138 valence electrons. The Kier molecular flexibility index (Phi) is 4.87. The highest BCUT2D eigenvalue weighted by Crippen LogP contribution is 2.36. The molecule has 1 N–H and O–H groups in total. The van der Waals surface area contributed by atoms with Crippen LogP contribution >= 0.6 is 22.9 Å². The Morgan fingerprint density at radius 2 is 1.89 bits per heavy atom. The van der Waals surface area contributed by atoms with Crippen molar-refractivity contribution in [3.05, 3.63) is 52.4 Å². The molecular formula is C19H15ClN2O4S. The van der Waals surface area contributed by atoms with Crippen LogP contribution in [0.1, 0.15) is 10.4 Å². The van der Waals surface area contributed by atoms with Gasteiger partial charge >= 0.3 is 0 Å². The van der Waals surface area contributed by atoms with Gasteiger partial charge in [-0.3, -0.25) is 10.1 Å². The fourth-order valence-electron chi connectivity index (χ4n) is 2.63. The summed E-state index contributed by atoms with van der Waals surface area (Å²) in [5, 5.41) is 5.44. The van der Waals surface area contributed by atoms with E-state index in [-0.39, 0.29) is 5.91 Å². The number of nitrogens with one attached hydrogen (secondary N) is 1. The van der Waals surface area contributed by atoms with Crippen molar-refractivity contribution in [2.24, 2.45) is 0 Å². The van der Waals surface area contributed by atoms with E-state index in [0.717, 1.165) is 17.0 Å². The third-order valence-corrected chi connectivity index (χ3v) is 5.06. The molecule has 0 radical (unpaired) electrons. The van der Waals surface area contributed by atoms with E-state index < -0.39 is 0 Å². The lowest BCUT2D eigenvalue weighted by atomic mass is 10.1. The van der Waals surface area contributed by atoms with E-state index in [0.29, 0.717) is 40.4 Å². The SMILES string of the molecule is COc1ccc(-c2csc(NC(=O)c3cc4c(cc3Cl)OCCO4)n2)cc1. The highest BCUT2D eigenvalue weighted by atomic mass is 35.5. The minimum absolute atomic E-state index is 0.295. The number of hydrogen-bond acceptors (Lipinski definition) is 6. The number of amides is 1. The smallest absolute Gasteiger partial charge is 0.259 e. The van der Waals surface area contributed by atoms with Gasteiger partial charge in [-0.15, -0.1) is 11.3 Å². The lowest BCUT2D eigenvalue weighted by Gasteiger charge is -2.19. The van der Waals surface area contributed by atoms with Crippen LogP contribution in [0.2, 0.25) is 5.02 Å². The molecule has 1 amide bonds. The summed E-state index contributed by atoms with van der Waals surface area (Å²) in [6, 6.07) is 10.7. The molecule has 0 unspecified atom stereocenters. The maximum absolute atomic E-state index is 12.6. The molecule has 0 saturated heterocycles. The van der Waals surface area contributed by atoms with Gasteiger partial charge in [0.2, 0.25) is 0 Å². The van der Waals surface area contributed by atoms with Crippen molar-refractivity contribution in [3.63, 3.8) is 0 Å². The van der Waals surface area contributed by atoms with Crippen LogP contribution in [0.15, 0.2) is 41.8 Å². The molecule has 4 rings (SSSR count).